The Morgan fingerprint density at radius 3 is 2.48 bits per heavy atom. The number of morpholine rings is 1. The molecule has 0 aliphatic carbocycles. The van der Waals surface area contributed by atoms with Gasteiger partial charge in [0.25, 0.3) is 0 Å². The van der Waals surface area contributed by atoms with Crippen molar-refractivity contribution < 1.29 is 9.53 Å². The van der Waals surface area contributed by atoms with E-state index in [-0.39, 0.29) is 24.3 Å². The molecule has 3 rings (SSSR count). The smallest absolute Gasteiger partial charge is 0.317 e. The first kappa shape index (κ1) is 17.9. The fourth-order valence-corrected chi connectivity index (χ4v) is 3.52. The quantitative estimate of drug-likeness (QED) is 0.903. The van der Waals surface area contributed by atoms with E-state index in [2.05, 4.69) is 34.3 Å². The molecule has 0 radical (unpaired) electrons. The first-order valence-corrected chi connectivity index (χ1v) is 9.43. The van der Waals surface area contributed by atoms with Crippen LogP contribution in [0, 0.1) is 0 Å². The number of nitrogens with zero attached hydrogens (tertiary/aromatic N) is 4. The Balaban J connectivity index is 1.49. The second-order valence-electron chi connectivity index (χ2n) is 6.89. The summed E-state index contributed by atoms with van der Waals surface area (Å²) in [6, 6.07) is 4.17. The number of carbonyl (C=O) groups excluding carboxylic acids is 1. The molecule has 0 aromatic carbocycles. The molecule has 25 heavy (non-hydrogen) atoms. The lowest BCUT2D eigenvalue weighted by Gasteiger charge is -2.39. The van der Waals surface area contributed by atoms with Gasteiger partial charge in [-0.25, -0.2) is 4.79 Å². The largest absolute Gasteiger partial charge is 0.371 e. The Hall–Kier alpha value is -1.89. The molecule has 2 amide bonds. The summed E-state index contributed by atoms with van der Waals surface area (Å²) in [6.45, 7) is 7.39. The topological polar surface area (TPSA) is 70.6 Å². The average Bonchev–Trinajstić information content (AvgIpc) is 2.68. The molecular weight excluding hydrogens is 318 g/mol. The Labute approximate surface area is 149 Å². The molecule has 0 saturated carbocycles. The third-order valence-electron chi connectivity index (χ3n) is 5.14. The van der Waals surface area contributed by atoms with Crippen LogP contribution in [-0.2, 0) is 4.74 Å². The molecule has 2 unspecified atom stereocenters. The van der Waals surface area contributed by atoms with E-state index in [0.717, 1.165) is 44.6 Å². The Kier molecular flexibility index (Phi) is 6.07. The molecule has 2 saturated heterocycles. The lowest BCUT2D eigenvalue weighted by atomic mass is 10.1. The van der Waals surface area contributed by atoms with Gasteiger partial charge in [-0.3, -0.25) is 0 Å². The maximum absolute atomic E-state index is 12.7. The molecule has 1 N–H and O–H groups in total. The first-order chi connectivity index (χ1) is 12.2. The molecule has 0 bridgehead atoms. The predicted molar refractivity (Wildman–Crippen MR) is 96.6 cm³/mol. The average molecular weight is 347 g/mol. The highest BCUT2D eigenvalue weighted by Gasteiger charge is 2.30. The molecule has 2 aliphatic rings. The Bertz CT molecular complexity index is 536. The molecule has 7 heteroatoms. The van der Waals surface area contributed by atoms with E-state index in [1.807, 2.05) is 17.0 Å². The Morgan fingerprint density at radius 1 is 1.24 bits per heavy atom. The zero-order valence-corrected chi connectivity index (χ0v) is 15.2. The van der Waals surface area contributed by atoms with E-state index in [1.165, 1.54) is 0 Å². The van der Waals surface area contributed by atoms with Crippen molar-refractivity contribution in [1.82, 2.24) is 20.4 Å². The van der Waals surface area contributed by atoms with Crippen molar-refractivity contribution in [3.63, 3.8) is 0 Å². The number of ether oxygens (including phenoxy) is 1. The monoisotopic (exact) mass is 347 g/mol. The lowest BCUT2D eigenvalue weighted by molar-refractivity contribution is -0.0745. The number of anilines is 1. The van der Waals surface area contributed by atoms with Crippen LogP contribution in [0.25, 0.3) is 0 Å². The van der Waals surface area contributed by atoms with Gasteiger partial charge in [0.2, 0.25) is 0 Å². The van der Waals surface area contributed by atoms with Crippen LogP contribution in [-0.4, -0.2) is 65.6 Å². The number of nitrogens with one attached hydrogen (secondary N) is 1. The second-order valence-corrected chi connectivity index (χ2v) is 6.89. The van der Waals surface area contributed by atoms with Gasteiger partial charge in [-0.15, -0.1) is 5.10 Å². The van der Waals surface area contributed by atoms with Crippen LogP contribution < -0.4 is 10.2 Å². The van der Waals surface area contributed by atoms with Gasteiger partial charge in [0.15, 0.2) is 5.82 Å². The highest BCUT2D eigenvalue weighted by atomic mass is 16.5. The fraction of sp³-hybridized carbons (Fsp3) is 0.722. The number of amides is 2. The van der Waals surface area contributed by atoms with Crippen LogP contribution in [0.1, 0.15) is 39.5 Å². The molecule has 7 nitrogen and oxygen atoms in total. The van der Waals surface area contributed by atoms with Crippen molar-refractivity contribution in [2.24, 2.45) is 0 Å². The summed E-state index contributed by atoms with van der Waals surface area (Å²) in [5.41, 5.74) is 0. The second kappa shape index (κ2) is 8.47. The maximum Gasteiger partial charge on any atom is 0.317 e. The van der Waals surface area contributed by atoms with Crippen molar-refractivity contribution in [2.75, 3.05) is 31.1 Å². The summed E-state index contributed by atoms with van der Waals surface area (Å²) in [7, 11) is 0. The number of aromatic nitrogens is 2. The summed E-state index contributed by atoms with van der Waals surface area (Å²) >= 11 is 0. The maximum atomic E-state index is 12.7. The van der Waals surface area contributed by atoms with Crippen LogP contribution in [0.15, 0.2) is 18.3 Å². The summed E-state index contributed by atoms with van der Waals surface area (Å²) in [4.78, 5) is 16.8. The van der Waals surface area contributed by atoms with Crippen LogP contribution in [0.4, 0.5) is 10.6 Å². The van der Waals surface area contributed by atoms with Crippen molar-refractivity contribution in [3.05, 3.63) is 18.3 Å². The SMILES string of the molecule is CCC1CN(C(=O)NC2CCN(c3cccnn3)CC2)CC(CC)O1. The highest BCUT2D eigenvalue weighted by molar-refractivity contribution is 5.74. The van der Waals surface area contributed by atoms with Gasteiger partial charge in [-0.2, -0.15) is 5.10 Å². The van der Waals surface area contributed by atoms with Crippen LogP contribution in [0.5, 0.6) is 0 Å². The third kappa shape index (κ3) is 4.60. The third-order valence-corrected chi connectivity index (χ3v) is 5.14. The predicted octanol–water partition coefficient (Wildman–Crippen LogP) is 2.04. The zero-order valence-electron chi connectivity index (χ0n) is 15.2. The van der Waals surface area contributed by atoms with Gasteiger partial charge in [0.05, 0.1) is 12.2 Å². The van der Waals surface area contributed by atoms with Crippen molar-refractivity contribution in [3.8, 4) is 0 Å². The van der Waals surface area contributed by atoms with Gasteiger partial charge in [0.1, 0.15) is 0 Å². The van der Waals surface area contributed by atoms with E-state index in [9.17, 15) is 4.79 Å². The molecular formula is C18H29N5O2. The normalized spacial score (nSPS) is 25.0. The van der Waals surface area contributed by atoms with Crippen LogP contribution >= 0.6 is 0 Å². The molecule has 2 aliphatic heterocycles. The number of urea groups is 1. The number of rotatable bonds is 4. The van der Waals surface area contributed by atoms with Gasteiger partial charge in [-0.1, -0.05) is 13.8 Å². The zero-order chi connectivity index (χ0) is 17.6. The molecule has 1 aromatic rings. The number of piperidine rings is 1. The van der Waals surface area contributed by atoms with Gasteiger partial charge >= 0.3 is 6.03 Å². The number of carbonyl (C=O) groups is 1. The molecule has 0 spiro atoms. The molecule has 3 heterocycles. The molecule has 138 valence electrons. The fourth-order valence-electron chi connectivity index (χ4n) is 3.52. The minimum Gasteiger partial charge on any atom is -0.371 e. The first-order valence-electron chi connectivity index (χ1n) is 9.43. The van der Waals surface area contributed by atoms with E-state index in [4.69, 9.17) is 4.74 Å². The molecule has 2 atom stereocenters. The number of hydrogen-bond acceptors (Lipinski definition) is 5. The van der Waals surface area contributed by atoms with Gasteiger partial charge in [0, 0.05) is 38.4 Å². The van der Waals surface area contributed by atoms with Crippen molar-refractivity contribution in [2.45, 2.75) is 57.8 Å². The Morgan fingerprint density at radius 2 is 1.92 bits per heavy atom. The molecule has 1 aromatic heterocycles. The molecule has 2 fully saturated rings. The van der Waals surface area contributed by atoms with E-state index >= 15 is 0 Å². The lowest BCUT2D eigenvalue weighted by Crippen LogP contribution is -2.55. The van der Waals surface area contributed by atoms with Crippen molar-refractivity contribution >= 4 is 11.8 Å². The summed E-state index contributed by atoms with van der Waals surface area (Å²) in [5.74, 6) is 0.914. The van der Waals surface area contributed by atoms with E-state index in [1.54, 1.807) is 6.20 Å². The summed E-state index contributed by atoms with van der Waals surface area (Å²) in [6.07, 6.45) is 5.74. The minimum absolute atomic E-state index is 0.0538. The minimum atomic E-state index is 0.0538. The summed E-state index contributed by atoms with van der Waals surface area (Å²) < 4.78 is 5.98. The standard InChI is InChI=1S/C18H29N5O2/c1-3-15-12-23(13-16(4-2)25-15)18(24)20-14-7-10-22(11-8-14)17-6-5-9-19-21-17/h5-6,9,14-16H,3-4,7-8,10-13H2,1-2H3,(H,20,24). The van der Waals surface area contributed by atoms with Crippen molar-refractivity contribution in [1.29, 1.82) is 0 Å². The van der Waals surface area contributed by atoms with Crippen LogP contribution in [0.2, 0.25) is 0 Å². The van der Waals surface area contributed by atoms with E-state index in [0.29, 0.717) is 13.1 Å². The van der Waals surface area contributed by atoms with Crippen LogP contribution in [0.3, 0.4) is 0 Å². The van der Waals surface area contributed by atoms with E-state index < -0.39 is 0 Å². The summed E-state index contributed by atoms with van der Waals surface area (Å²) in [5, 5.41) is 11.3. The van der Waals surface area contributed by atoms with Gasteiger partial charge < -0.3 is 19.9 Å². The highest BCUT2D eigenvalue weighted by Crippen LogP contribution is 2.19. The number of hydrogen-bond donors (Lipinski definition) is 1. The van der Waals surface area contributed by atoms with Gasteiger partial charge in [-0.05, 0) is 37.8 Å².